The van der Waals surface area contributed by atoms with Crippen molar-refractivity contribution >= 4 is 19.6 Å². The lowest BCUT2D eigenvalue weighted by molar-refractivity contribution is -0.0510. The average molecular weight is 294 g/mol. The number of halogens is 3. The van der Waals surface area contributed by atoms with Crippen molar-refractivity contribution in [2.24, 2.45) is 0 Å². The smallest absolute Gasteiger partial charge is 0.279 e. The maximum absolute atomic E-state index is 10.7. The minimum Gasteiger partial charge on any atom is -0.279 e. The molecule has 0 fully saturated rings. The van der Waals surface area contributed by atoms with Crippen LogP contribution in [0.4, 0.5) is 13.2 Å². The van der Waals surface area contributed by atoms with Crippen molar-refractivity contribution < 1.29 is 26.1 Å². The molecular formula is C9H21F3O3SSi. The van der Waals surface area contributed by atoms with Crippen LogP contribution < -0.4 is 0 Å². The van der Waals surface area contributed by atoms with Gasteiger partial charge in [-0.05, 0) is 10.1 Å². The Kier molecular flexibility index (Phi) is 6.46. The first-order chi connectivity index (χ1) is 6.96. The second-order valence-electron chi connectivity index (χ2n) is 6.22. The molecule has 0 aromatic heterocycles. The Balaban J connectivity index is 0. The van der Waals surface area contributed by atoms with Crippen LogP contribution in [-0.4, -0.2) is 28.0 Å². The molecule has 0 radical (unpaired) electrons. The summed E-state index contributed by atoms with van der Waals surface area (Å²) in [7, 11) is -5.75. The van der Waals surface area contributed by atoms with Gasteiger partial charge in [-0.3, -0.25) is 4.55 Å². The third-order valence-electron chi connectivity index (χ3n) is 1.35. The van der Waals surface area contributed by atoms with E-state index in [0.717, 1.165) is 0 Å². The Hall–Kier alpha value is -0.0831. The van der Waals surface area contributed by atoms with Crippen LogP contribution in [0.3, 0.4) is 0 Å². The van der Waals surface area contributed by atoms with Crippen LogP contribution in [0.1, 0.15) is 41.5 Å². The van der Waals surface area contributed by atoms with Gasteiger partial charge in [-0.15, -0.1) is 0 Å². The van der Waals surface area contributed by atoms with Gasteiger partial charge in [0, 0.05) is 9.52 Å². The van der Waals surface area contributed by atoms with Crippen molar-refractivity contribution in [1.29, 1.82) is 0 Å². The normalized spacial score (nSPS) is 14.0. The van der Waals surface area contributed by atoms with Crippen LogP contribution in [0.25, 0.3) is 0 Å². The van der Waals surface area contributed by atoms with E-state index in [-0.39, 0.29) is 9.52 Å². The zero-order chi connectivity index (χ0) is 14.7. The van der Waals surface area contributed by atoms with E-state index in [4.69, 9.17) is 13.0 Å². The molecule has 0 heterocycles. The molecule has 0 saturated heterocycles. The summed E-state index contributed by atoms with van der Waals surface area (Å²) in [5.74, 6) is 0. The lowest BCUT2D eigenvalue weighted by atomic mass is 10.2. The molecule has 0 atom stereocenters. The minimum absolute atomic E-state index is 0.0880. The SMILES string of the molecule is CC(C)(C)[SiH2]C(C)(C)C.O=S(=O)(O)C(F)(F)F. The van der Waals surface area contributed by atoms with Crippen molar-refractivity contribution in [2.75, 3.05) is 0 Å². The molecule has 0 aliphatic heterocycles. The molecule has 0 aromatic rings. The van der Waals surface area contributed by atoms with E-state index in [9.17, 15) is 13.2 Å². The fourth-order valence-electron chi connectivity index (χ4n) is 1.59. The maximum atomic E-state index is 10.7. The van der Waals surface area contributed by atoms with Gasteiger partial charge >= 0.3 is 15.6 Å². The Morgan fingerprint density at radius 3 is 1.06 bits per heavy atom. The zero-order valence-corrected chi connectivity index (χ0v) is 13.2. The molecule has 0 amide bonds. The summed E-state index contributed by atoms with van der Waals surface area (Å²) in [6.07, 6.45) is 0. The number of alkyl halides is 3. The van der Waals surface area contributed by atoms with E-state index in [2.05, 4.69) is 41.5 Å². The first-order valence-electron chi connectivity index (χ1n) is 4.99. The van der Waals surface area contributed by atoms with Crippen molar-refractivity contribution in [2.45, 2.75) is 57.1 Å². The van der Waals surface area contributed by atoms with Crippen LogP contribution in [0.15, 0.2) is 0 Å². The first-order valence-corrected chi connectivity index (χ1v) is 7.85. The maximum Gasteiger partial charge on any atom is 0.522 e. The lowest BCUT2D eigenvalue weighted by Gasteiger charge is -2.27. The molecule has 1 N–H and O–H groups in total. The van der Waals surface area contributed by atoms with Crippen LogP contribution in [0.2, 0.25) is 10.1 Å². The summed E-state index contributed by atoms with van der Waals surface area (Å²) in [6.45, 7) is 14.1. The van der Waals surface area contributed by atoms with E-state index >= 15 is 0 Å². The van der Waals surface area contributed by atoms with Gasteiger partial charge in [0.15, 0.2) is 0 Å². The third-order valence-corrected chi connectivity index (χ3v) is 4.06. The topological polar surface area (TPSA) is 54.4 Å². The van der Waals surface area contributed by atoms with Crippen LogP contribution in [0, 0.1) is 0 Å². The summed E-state index contributed by atoms with van der Waals surface area (Å²) < 4.78 is 57.5. The van der Waals surface area contributed by atoms with Gasteiger partial charge in [-0.1, -0.05) is 41.5 Å². The second kappa shape index (κ2) is 5.70. The molecule has 0 spiro atoms. The Morgan fingerprint density at radius 1 is 0.882 bits per heavy atom. The molecule has 17 heavy (non-hydrogen) atoms. The van der Waals surface area contributed by atoms with Gasteiger partial charge in [-0.25, -0.2) is 0 Å². The Morgan fingerprint density at radius 2 is 1.06 bits per heavy atom. The second-order valence-corrected chi connectivity index (χ2v) is 12.2. The van der Waals surface area contributed by atoms with Crippen LogP contribution in [0.5, 0.6) is 0 Å². The van der Waals surface area contributed by atoms with E-state index in [1.807, 2.05) is 0 Å². The molecule has 0 saturated carbocycles. The predicted octanol–water partition coefficient (Wildman–Crippen LogP) is 2.99. The number of hydrogen-bond acceptors (Lipinski definition) is 2. The summed E-state index contributed by atoms with van der Waals surface area (Å²) in [6, 6.07) is 0. The van der Waals surface area contributed by atoms with Gasteiger partial charge in [0.25, 0.3) is 0 Å². The fraction of sp³-hybridized carbons (Fsp3) is 1.00. The van der Waals surface area contributed by atoms with E-state index in [1.165, 1.54) is 0 Å². The highest BCUT2D eigenvalue weighted by molar-refractivity contribution is 7.86. The predicted molar refractivity (Wildman–Crippen MR) is 65.6 cm³/mol. The molecule has 0 aromatic carbocycles. The van der Waals surface area contributed by atoms with Gasteiger partial charge in [0.1, 0.15) is 0 Å². The van der Waals surface area contributed by atoms with Crippen LogP contribution >= 0.6 is 0 Å². The van der Waals surface area contributed by atoms with Crippen molar-refractivity contribution in [1.82, 2.24) is 0 Å². The highest BCUT2D eigenvalue weighted by Crippen LogP contribution is 2.33. The molecule has 106 valence electrons. The highest BCUT2D eigenvalue weighted by atomic mass is 32.2. The van der Waals surface area contributed by atoms with E-state index in [0.29, 0.717) is 10.1 Å². The van der Waals surface area contributed by atoms with Crippen LogP contribution in [-0.2, 0) is 10.1 Å². The van der Waals surface area contributed by atoms with Gasteiger partial charge < -0.3 is 0 Å². The quantitative estimate of drug-likeness (QED) is 0.424. The third kappa shape index (κ3) is 13.9. The average Bonchev–Trinajstić information content (AvgIpc) is 1.71. The summed E-state index contributed by atoms with van der Waals surface area (Å²) in [4.78, 5) is 0. The van der Waals surface area contributed by atoms with Crippen molar-refractivity contribution in [3.63, 3.8) is 0 Å². The molecule has 0 bridgehead atoms. The number of rotatable bonds is 0. The Labute approximate surface area is 103 Å². The molecule has 0 aliphatic carbocycles. The van der Waals surface area contributed by atoms with Gasteiger partial charge in [-0.2, -0.15) is 21.6 Å². The first kappa shape index (κ1) is 19.3. The number of hydrogen-bond donors (Lipinski definition) is 1. The van der Waals surface area contributed by atoms with E-state index < -0.39 is 15.6 Å². The lowest BCUT2D eigenvalue weighted by Crippen LogP contribution is -2.21. The molecule has 8 heteroatoms. The fourth-order valence-corrected chi connectivity index (χ4v) is 4.77. The van der Waals surface area contributed by atoms with Gasteiger partial charge in [0.2, 0.25) is 0 Å². The molecule has 0 unspecified atom stereocenters. The molecule has 0 rings (SSSR count). The Bertz CT molecular complexity index is 311. The minimum atomic E-state index is -5.84. The largest absolute Gasteiger partial charge is 0.522 e. The van der Waals surface area contributed by atoms with Crippen molar-refractivity contribution in [3.8, 4) is 0 Å². The zero-order valence-electron chi connectivity index (χ0n) is 11.0. The molecular weight excluding hydrogens is 273 g/mol. The summed E-state index contributed by atoms with van der Waals surface area (Å²) >= 11 is 0. The van der Waals surface area contributed by atoms with Gasteiger partial charge in [0.05, 0.1) is 0 Å². The highest BCUT2D eigenvalue weighted by Gasteiger charge is 2.44. The van der Waals surface area contributed by atoms with E-state index in [1.54, 1.807) is 0 Å². The monoisotopic (exact) mass is 294 g/mol. The van der Waals surface area contributed by atoms with Crippen molar-refractivity contribution in [3.05, 3.63) is 0 Å². The molecule has 3 nitrogen and oxygen atoms in total. The summed E-state index contributed by atoms with van der Waals surface area (Å²) in [5.41, 5.74) is -5.53. The molecule has 0 aliphatic rings. The summed E-state index contributed by atoms with van der Waals surface area (Å²) in [5, 5.41) is 1.25. The standard InChI is InChI=1S/C8H20Si.CHF3O3S/c1-7(2,3)9-8(4,5)6;2-1(3,4)8(5,6)7/h9H2,1-6H3;(H,5,6,7).